The summed E-state index contributed by atoms with van der Waals surface area (Å²) in [6.45, 7) is 14.7. The first-order chi connectivity index (χ1) is 14.4. The van der Waals surface area contributed by atoms with Crippen molar-refractivity contribution in [2.75, 3.05) is 7.05 Å². The number of hydrogen-bond donors (Lipinski definition) is 0. The molecule has 5 heteroatoms. The second kappa shape index (κ2) is 10.3. The highest BCUT2D eigenvalue weighted by atomic mass is 79.9. The standard InChI is InChI=1S/C26H32BrF2NS/c1-9-11-22-21-13-12-20(27)15-23(21)31-25(22)24(16(3)4)30(8)18(6)17(5)14-19(10-2)26(7,28)29/h10,12-15H,2,9,11H2,1,3-8H3/b18-17+,19-14+. The van der Waals surface area contributed by atoms with Gasteiger partial charge in [-0.2, -0.15) is 0 Å². The van der Waals surface area contributed by atoms with Gasteiger partial charge in [0, 0.05) is 34.4 Å². The summed E-state index contributed by atoms with van der Waals surface area (Å²) in [5, 5.41) is 1.29. The van der Waals surface area contributed by atoms with Gasteiger partial charge in [0.25, 0.3) is 5.92 Å². The third-order valence-electron chi connectivity index (χ3n) is 5.45. The Hall–Kier alpha value is -1.72. The molecular formula is C26H32BrF2NS. The van der Waals surface area contributed by atoms with E-state index in [1.54, 1.807) is 11.3 Å². The highest BCUT2D eigenvalue weighted by Gasteiger charge is 2.25. The summed E-state index contributed by atoms with van der Waals surface area (Å²) in [5.41, 5.74) is 5.32. The first-order valence-corrected chi connectivity index (χ1v) is 12.1. The highest BCUT2D eigenvalue weighted by Crippen LogP contribution is 2.41. The molecule has 0 N–H and O–H groups in total. The van der Waals surface area contributed by atoms with Gasteiger partial charge in [-0.1, -0.05) is 53.6 Å². The number of nitrogens with zero attached hydrogens (tertiary/aromatic N) is 1. The molecule has 2 rings (SSSR count). The lowest BCUT2D eigenvalue weighted by Gasteiger charge is -2.27. The Morgan fingerprint density at radius 2 is 1.87 bits per heavy atom. The van der Waals surface area contributed by atoms with Gasteiger partial charge < -0.3 is 4.90 Å². The molecule has 0 amide bonds. The van der Waals surface area contributed by atoms with Crippen LogP contribution in [0.5, 0.6) is 0 Å². The molecule has 0 aliphatic rings. The topological polar surface area (TPSA) is 3.24 Å². The Morgan fingerprint density at radius 1 is 1.23 bits per heavy atom. The normalized spacial score (nSPS) is 13.3. The number of thiophene rings is 1. The molecule has 0 spiro atoms. The van der Waals surface area contributed by atoms with Crippen molar-refractivity contribution in [2.24, 2.45) is 0 Å². The van der Waals surface area contributed by atoms with Gasteiger partial charge in [-0.15, -0.1) is 11.3 Å². The zero-order valence-corrected chi connectivity index (χ0v) is 21.9. The van der Waals surface area contributed by atoms with E-state index >= 15 is 0 Å². The molecular weight excluding hydrogens is 476 g/mol. The quantitative estimate of drug-likeness (QED) is 0.321. The van der Waals surface area contributed by atoms with Gasteiger partial charge in [-0.3, -0.25) is 0 Å². The molecule has 2 aromatic rings. The van der Waals surface area contributed by atoms with Gasteiger partial charge in [0.15, 0.2) is 0 Å². The van der Waals surface area contributed by atoms with Crippen LogP contribution in [-0.4, -0.2) is 17.9 Å². The minimum Gasteiger partial charge on any atom is -0.347 e. The summed E-state index contributed by atoms with van der Waals surface area (Å²) in [6, 6.07) is 6.44. The summed E-state index contributed by atoms with van der Waals surface area (Å²) in [6.07, 6.45) is 4.82. The minimum atomic E-state index is -2.92. The Labute approximate surface area is 198 Å². The number of alkyl halides is 2. The molecule has 0 unspecified atom stereocenters. The zero-order chi connectivity index (χ0) is 23.5. The maximum atomic E-state index is 13.9. The summed E-state index contributed by atoms with van der Waals surface area (Å²) in [5.74, 6) is -2.92. The number of allylic oxidation sites excluding steroid dienone is 6. The molecule has 0 saturated carbocycles. The molecule has 0 saturated heterocycles. The van der Waals surface area contributed by atoms with Crippen LogP contribution in [0.3, 0.4) is 0 Å². The van der Waals surface area contributed by atoms with Crippen LogP contribution in [0.25, 0.3) is 15.8 Å². The van der Waals surface area contributed by atoms with E-state index in [1.807, 2.05) is 20.9 Å². The molecule has 1 nitrogen and oxygen atoms in total. The predicted octanol–water partition coefficient (Wildman–Crippen LogP) is 9.36. The fourth-order valence-electron chi connectivity index (χ4n) is 3.66. The number of rotatable bonds is 8. The SMILES string of the molecule is C=C/C(=C\C(C)=C(/C)N(C)C(=C(C)C)c1sc2cc(Br)ccc2c1CCC)C(C)(F)F. The summed E-state index contributed by atoms with van der Waals surface area (Å²) < 4.78 is 30.0. The maximum absolute atomic E-state index is 13.9. The van der Waals surface area contributed by atoms with Gasteiger partial charge in [-0.05, 0) is 68.8 Å². The van der Waals surface area contributed by atoms with E-state index in [1.165, 1.54) is 38.3 Å². The number of fused-ring (bicyclic) bond motifs is 1. The fraction of sp³-hybridized carbons (Fsp3) is 0.385. The van der Waals surface area contributed by atoms with Crippen LogP contribution in [0, 0.1) is 0 Å². The number of halogens is 3. The van der Waals surface area contributed by atoms with Crippen molar-refractivity contribution in [3.05, 3.63) is 74.3 Å². The molecule has 0 fully saturated rings. The molecule has 0 bridgehead atoms. The number of benzene rings is 1. The lowest BCUT2D eigenvalue weighted by Crippen LogP contribution is -2.18. The van der Waals surface area contributed by atoms with Gasteiger partial charge in [0.1, 0.15) is 0 Å². The van der Waals surface area contributed by atoms with E-state index in [4.69, 9.17) is 0 Å². The Morgan fingerprint density at radius 3 is 2.39 bits per heavy atom. The maximum Gasteiger partial charge on any atom is 0.270 e. The van der Waals surface area contributed by atoms with Crippen LogP contribution in [0.2, 0.25) is 0 Å². The number of aryl methyl sites for hydroxylation is 1. The van der Waals surface area contributed by atoms with E-state index in [0.717, 1.165) is 41.2 Å². The van der Waals surface area contributed by atoms with Gasteiger partial charge in [0.05, 0.1) is 10.6 Å². The molecule has 0 aliphatic heterocycles. The van der Waals surface area contributed by atoms with Crippen LogP contribution in [0.1, 0.15) is 58.4 Å². The average Bonchev–Trinajstić information content (AvgIpc) is 3.01. The van der Waals surface area contributed by atoms with Crippen molar-refractivity contribution < 1.29 is 8.78 Å². The second-order valence-corrected chi connectivity index (χ2v) is 10.1. The average molecular weight is 509 g/mol. The van der Waals surface area contributed by atoms with E-state index in [9.17, 15) is 8.78 Å². The number of hydrogen-bond acceptors (Lipinski definition) is 2. The van der Waals surface area contributed by atoms with Gasteiger partial charge in [0.2, 0.25) is 0 Å². The third kappa shape index (κ3) is 5.75. The third-order valence-corrected chi connectivity index (χ3v) is 7.15. The summed E-state index contributed by atoms with van der Waals surface area (Å²) in [4.78, 5) is 3.38. The molecule has 0 aliphatic carbocycles. The molecule has 31 heavy (non-hydrogen) atoms. The molecule has 168 valence electrons. The lowest BCUT2D eigenvalue weighted by atomic mass is 10.0. The van der Waals surface area contributed by atoms with Crippen molar-refractivity contribution in [3.63, 3.8) is 0 Å². The van der Waals surface area contributed by atoms with Gasteiger partial charge in [-0.25, -0.2) is 8.78 Å². The van der Waals surface area contributed by atoms with Crippen molar-refractivity contribution in [3.8, 4) is 0 Å². The minimum absolute atomic E-state index is 0.0742. The van der Waals surface area contributed by atoms with E-state index in [-0.39, 0.29) is 5.57 Å². The Bertz CT molecular complexity index is 1060. The van der Waals surface area contributed by atoms with Crippen molar-refractivity contribution in [1.29, 1.82) is 0 Å². The van der Waals surface area contributed by atoms with Crippen LogP contribution in [-0.2, 0) is 6.42 Å². The molecule has 1 aromatic carbocycles. The van der Waals surface area contributed by atoms with Crippen molar-refractivity contribution in [1.82, 2.24) is 4.90 Å². The second-order valence-electron chi connectivity index (χ2n) is 8.17. The van der Waals surface area contributed by atoms with E-state index in [2.05, 4.69) is 66.4 Å². The molecule has 0 atom stereocenters. The molecule has 0 radical (unpaired) electrons. The van der Waals surface area contributed by atoms with Crippen LogP contribution in [0.15, 0.2) is 63.8 Å². The zero-order valence-electron chi connectivity index (χ0n) is 19.5. The first kappa shape index (κ1) is 25.5. The monoisotopic (exact) mass is 507 g/mol. The summed E-state index contributed by atoms with van der Waals surface area (Å²) >= 11 is 5.38. The molecule has 1 aromatic heterocycles. The molecule has 1 heterocycles. The lowest BCUT2D eigenvalue weighted by molar-refractivity contribution is 0.0675. The van der Waals surface area contributed by atoms with Gasteiger partial charge >= 0.3 is 0 Å². The fourth-order valence-corrected chi connectivity index (χ4v) is 5.66. The highest BCUT2D eigenvalue weighted by molar-refractivity contribution is 9.10. The van der Waals surface area contributed by atoms with Crippen LogP contribution < -0.4 is 0 Å². The Kier molecular flexibility index (Phi) is 8.46. The van der Waals surface area contributed by atoms with E-state index in [0.29, 0.717) is 0 Å². The van der Waals surface area contributed by atoms with Crippen LogP contribution >= 0.6 is 27.3 Å². The van der Waals surface area contributed by atoms with Crippen LogP contribution in [0.4, 0.5) is 8.78 Å². The van der Waals surface area contributed by atoms with E-state index < -0.39 is 5.92 Å². The van der Waals surface area contributed by atoms with Crippen molar-refractivity contribution >= 4 is 43.0 Å². The smallest absolute Gasteiger partial charge is 0.270 e. The Balaban J connectivity index is 2.67. The largest absolute Gasteiger partial charge is 0.347 e. The first-order valence-electron chi connectivity index (χ1n) is 10.4. The summed E-state index contributed by atoms with van der Waals surface area (Å²) in [7, 11) is 2.02. The predicted molar refractivity (Wildman–Crippen MR) is 137 cm³/mol. The van der Waals surface area contributed by atoms with Crippen molar-refractivity contribution in [2.45, 2.75) is 60.3 Å².